The summed E-state index contributed by atoms with van der Waals surface area (Å²) in [5.41, 5.74) is 2.13. The first-order valence-corrected chi connectivity index (χ1v) is 9.68. The number of ether oxygens (including phenoxy) is 3. The average molecular weight is 389 g/mol. The normalized spacial score (nSPS) is 16.3. The first-order chi connectivity index (χ1) is 14.3. The van der Waals surface area contributed by atoms with Crippen LogP contribution >= 0.6 is 0 Å². The molecule has 5 heteroatoms. The first kappa shape index (κ1) is 19.0. The molecule has 1 aliphatic heterocycles. The summed E-state index contributed by atoms with van der Waals surface area (Å²) in [6, 6.07) is 27.0. The highest BCUT2D eigenvalue weighted by molar-refractivity contribution is 5.70. The Hall–Kier alpha value is -3.31. The van der Waals surface area contributed by atoms with Crippen molar-refractivity contribution in [2.24, 2.45) is 0 Å². The monoisotopic (exact) mass is 389 g/mol. The molecule has 0 aliphatic carbocycles. The van der Waals surface area contributed by atoms with E-state index < -0.39 is 0 Å². The largest absolute Gasteiger partial charge is 0.489 e. The van der Waals surface area contributed by atoms with Crippen LogP contribution in [0.15, 0.2) is 84.9 Å². The van der Waals surface area contributed by atoms with Gasteiger partial charge < -0.3 is 19.1 Å². The molecule has 1 fully saturated rings. The van der Waals surface area contributed by atoms with E-state index in [-0.39, 0.29) is 12.2 Å². The molecular formula is C24H23NO4. The minimum atomic E-state index is -0.354. The van der Waals surface area contributed by atoms with Crippen LogP contribution in [0.3, 0.4) is 0 Å². The van der Waals surface area contributed by atoms with E-state index >= 15 is 0 Å². The van der Waals surface area contributed by atoms with Gasteiger partial charge in [0, 0.05) is 6.54 Å². The molecule has 4 rings (SSSR count). The van der Waals surface area contributed by atoms with Crippen LogP contribution in [0, 0.1) is 0 Å². The molecule has 148 valence electrons. The molecule has 1 amide bonds. The maximum absolute atomic E-state index is 12.4. The molecule has 3 aromatic carbocycles. The maximum atomic E-state index is 12.4. The lowest BCUT2D eigenvalue weighted by Gasteiger charge is -2.32. The topological polar surface area (TPSA) is 48.0 Å². The van der Waals surface area contributed by atoms with Gasteiger partial charge in [0.05, 0.1) is 13.2 Å². The Kier molecular flexibility index (Phi) is 6.07. The Bertz CT molecular complexity index is 913. The fourth-order valence-corrected chi connectivity index (χ4v) is 3.19. The van der Waals surface area contributed by atoms with Gasteiger partial charge in [-0.25, -0.2) is 4.79 Å². The predicted molar refractivity (Wildman–Crippen MR) is 110 cm³/mol. The summed E-state index contributed by atoms with van der Waals surface area (Å²) < 4.78 is 17.2. The van der Waals surface area contributed by atoms with Crippen LogP contribution in [-0.2, 0) is 11.3 Å². The second kappa shape index (κ2) is 9.26. The standard InChI is InChI=1S/C24H23NO4/c26-24(29-22-9-5-2-6-10-22)25-15-16-27-23(17-25)20-11-13-21(14-12-20)28-18-19-7-3-1-4-8-19/h1-14,23H,15-18H2/t23-/m0/s1. The van der Waals surface area contributed by atoms with Gasteiger partial charge in [0.15, 0.2) is 0 Å². The lowest BCUT2D eigenvalue weighted by molar-refractivity contribution is -0.0218. The van der Waals surface area contributed by atoms with Crippen molar-refractivity contribution in [3.63, 3.8) is 0 Å². The number of benzene rings is 3. The molecule has 0 bridgehead atoms. The van der Waals surface area contributed by atoms with Crippen LogP contribution in [0.4, 0.5) is 4.79 Å². The highest BCUT2D eigenvalue weighted by Crippen LogP contribution is 2.25. The van der Waals surface area contributed by atoms with Crippen LogP contribution < -0.4 is 9.47 Å². The minimum Gasteiger partial charge on any atom is -0.489 e. The summed E-state index contributed by atoms with van der Waals surface area (Å²) in [6.07, 6.45) is -0.539. The van der Waals surface area contributed by atoms with Gasteiger partial charge in [0.1, 0.15) is 24.2 Å². The molecule has 5 nitrogen and oxygen atoms in total. The van der Waals surface area contributed by atoms with Gasteiger partial charge in [-0.05, 0) is 35.4 Å². The van der Waals surface area contributed by atoms with E-state index in [2.05, 4.69) is 0 Å². The van der Waals surface area contributed by atoms with Crippen molar-refractivity contribution in [1.82, 2.24) is 4.90 Å². The smallest absolute Gasteiger partial charge is 0.415 e. The van der Waals surface area contributed by atoms with Crippen molar-refractivity contribution in [2.75, 3.05) is 19.7 Å². The van der Waals surface area contributed by atoms with Crippen molar-refractivity contribution < 1.29 is 19.0 Å². The molecule has 29 heavy (non-hydrogen) atoms. The fourth-order valence-electron chi connectivity index (χ4n) is 3.19. The third kappa shape index (κ3) is 5.15. The summed E-state index contributed by atoms with van der Waals surface area (Å²) in [4.78, 5) is 14.1. The Morgan fingerprint density at radius 2 is 1.59 bits per heavy atom. The van der Waals surface area contributed by atoms with E-state index in [9.17, 15) is 4.79 Å². The van der Waals surface area contributed by atoms with Crippen LogP contribution in [0.2, 0.25) is 0 Å². The van der Waals surface area contributed by atoms with Crippen LogP contribution in [-0.4, -0.2) is 30.7 Å². The molecular weight excluding hydrogens is 366 g/mol. The van der Waals surface area contributed by atoms with Gasteiger partial charge >= 0.3 is 6.09 Å². The Morgan fingerprint density at radius 3 is 2.31 bits per heavy atom. The van der Waals surface area contributed by atoms with E-state index in [1.54, 1.807) is 17.0 Å². The zero-order chi connectivity index (χ0) is 19.9. The quantitative estimate of drug-likeness (QED) is 0.627. The molecule has 0 N–H and O–H groups in total. The Morgan fingerprint density at radius 1 is 0.897 bits per heavy atom. The van der Waals surface area contributed by atoms with Crippen molar-refractivity contribution in [3.8, 4) is 11.5 Å². The van der Waals surface area contributed by atoms with Crippen molar-refractivity contribution in [1.29, 1.82) is 0 Å². The molecule has 0 radical (unpaired) electrons. The molecule has 0 saturated carbocycles. The highest BCUT2D eigenvalue weighted by atomic mass is 16.6. The third-order valence-electron chi connectivity index (χ3n) is 4.77. The molecule has 1 aliphatic rings. The highest BCUT2D eigenvalue weighted by Gasteiger charge is 2.26. The van der Waals surface area contributed by atoms with Crippen LogP contribution in [0.1, 0.15) is 17.2 Å². The summed E-state index contributed by atoms with van der Waals surface area (Å²) in [6.45, 7) is 1.97. The number of carbonyl (C=O) groups is 1. The molecule has 1 atom stereocenters. The summed E-state index contributed by atoms with van der Waals surface area (Å²) in [5, 5.41) is 0. The summed E-state index contributed by atoms with van der Waals surface area (Å²) in [5.74, 6) is 1.34. The predicted octanol–water partition coefficient (Wildman–Crippen LogP) is 4.84. The molecule has 1 saturated heterocycles. The molecule has 3 aromatic rings. The van der Waals surface area contributed by atoms with E-state index in [4.69, 9.17) is 14.2 Å². The number of hydrogen-bond acceptors (Lipinski definition) is 4. The number of rotatable bonds is 5. The summed E-state index contributed by atoms with van der Waals surface area (Å²) in [7, 11) is 0. The second-order valence-electron chi connectivity index (χ2n) is 6.83. The fraction of sp³-hybridized carbons (Fsp3) is 0.208. The van der Waals surface area contributed by atoms with Gasteiger partial charge in [-0.3, -0.25) is 0 Å². The maximum Gasteiger partial charge on any atom is 0.415 e. The summed E-state index contributed by atoms with van der Waals surface area (Å²) >= 11 is 0. The number of amides is 1. The zero-order valence-electron chi connectivity index (χ0n) is 16.1. The third-order valence-corrected chi connectivity index (χ3v) is 4.77. The lowest BCUT2D eigenvalue weighted by Crippen LogP contribution is -2.43. The molecule has 0 unspecified atom stereocenters. The SMILES string of the molecule is O=C(Oc1ccccc1)N1CCO[C@H](c2ccc(OCc3ccccc3)cc2)C1. The van der Waals surface area contributed by atoms with Crippen LogP contribution in [0.5, 0.6) is 11.5 Å². The van der Waals surface area contributed by atoms with E-state index in [0.29, 0.717) is 32.1 Å². The van der Waals surface area contributed by atoms with Crippen molar-refractivity contribution in [3.05, 3.63) is 96.1 Å². The number of morpholine rings is 1. The average Bonchev–Trinajstić information content (AvgIpc) is 2.79. The molecule has 0 spiro atoms. The van der Waals surface area contributed by atoms with Gasteiger partial charge in [-0.15, -0.1) is 0 Å². The first-order valence-electron chi connectivity index (χ1n) is 9.68. The number of nitrogens with zero attached hydrogens (tertiary/aromatic N) is 1. The molecule has 0 aromatic heterocycles. The minimum absolute atomic E-state index is 0.185. The Labute approximate surface area is 170 Å². The van der Waals surface area contributed by atoms with E-state index in [1.165, 1.54) is 0 Å². The van der Waals surface area contributed by atoms with Crippen molar-refractivity contribution in [2.45, 2.75) is 12.7 Å². The number of carbonyl (C=O) groups excluding carboxylic acids is 1. The van der Waals surface area contributed by atoms with Gasteiger partial charge in [-0.1, -0.05) is 60.7 Å². The molecule has 1 heterocycles. The van der Waals surface area contributed by atoms with Crippen molar-refractivity contribution >= 4 is 6.09 Å². The van der Waals surface area contributed by atoms with Gasteiger partial charge in [-0.2, -0.15) is 0 Å². The zero-order valence-corrected chi connectivity index (χ0v) is 16.1. The number of para-hydroxylation sites is 1. The lowest BCUT2D eigenvalue weighted by atomic mass is 10.1. The van der Waals surface area contributed by atoms with Gasteiger partial charge in [0.2, 0.25) is 0 Å². The number of hydrogen-bond donors (Lipinski definition) is 0. The van der Waals surface area contributed by atoms with Gasteiger partial charge in [0.25, 0.3) is 0 Å². The Balaban J connectivity index is 1.33. The van der Waals surface area contributed by atoms with Crippen LogP contribution in [0.25, 0.3) is 0 Å². The van der Waals surface area contributed by atoms with E-state index in [1.807, 2.05) is 72.8 Å². The van der Waals surface area contributed by atoms with E-state index in [0.717, 1.165) is 16.9 Å². The second-order valence-corrected chi connectivity index (χ2v) is 6.83.